The molecule has 0 heterocycles. The maximum Gasteiger partial charge on any atom is 0.275 e. The van der Waals surface area contributed by atoms with E-state index in [-0.39, 0.29) is 11.3 Å². The maximum atomic E-state index is 12.7. The first-order valence-electron chi connectivity index (χ1n) is 9.59. The number of phenols is 1. The van der Waals surface area contributed by atoms with Crippen LogP contribution in [0.5, 0.6) is 5.75 Å². The minimum absolute atomic E-state index is 0.0810. The molecule has 4 aromatic carbocycles. The second-order valence-corrected chi connectivity index (χ2v) is 6.76. The van der Waals surface area contributed by atoms with Gasteiger partial charge in [-0.2, -0.15) is 5.10 Å². The molecule has 4 heteroatoms. The number of hydrogen-bond acceptors (Lipinski definition) is 3. The van der Waals surface area contributed by atoms with Gasteiger partial charge in [0.05, 0.1) is 11.3 Å². The van der Waals surface area contributed by atoms with Gasteiger partial charge in [0.15, 0.2) is 0 Å². The number of rotatable bonds is 5. The number of phenolic OH excluding ortho intramolecular Hbond substituents is 1. The van der Waals surface area contributed by atoms with Crippen molar-refractivity contribution >= 4 is 28.5 Å². The lowest BCUT2D eigenvalue weighted by molar-refractivity contribution is 0.0952. The molecular weight excluding hydrogens is 372 g/mol. The normalized spacial score (nSPS) is 11.7. The van der Waals surface area contributed by atoms with E-state index in [0.29, 0.717) is 5.71 Å². The number of benzene rings is 4. The van der Waals surface area contributed by atoms with Crippen molar-refractivity contribution < 1.29 is 9.90 Å². The molecule has 0 spiro atoms. The van der Waals surface area contributed by atoms with Crippen molar-refractivity contribution in [2.45, 2.75) is 0 Å². The summed E-state index contributed by atoms with van der Waals surface area (Å²) in [7, 11) is 0. The Kier molecular flexibility index (Phi) is 5.67. The van der Waals surface area contributed by atoms with Crippen LogP contribution in [0.2, 0.25) is 0 Å². The lowest BCUT2D eigenvalue weighted by Gasteiger charge is -2.07. The third-order valence-electron chi connectivity index (χ3n) is 4.69. The molecule has 4 nitrogen and oxygen atoms in total. The minimum Gasteiger partial charge on any atom is -0.507 e. The third-order valence-corrected chi connectivity index (χ3v) is 4.69. The summed E-state index contributed by atoms with van der Waals surface area (Å²) in [5.41, 5.74) is 5.26. The van der Waals surface area contributed by atoms with Crippen LogP contribution in [0.15, 0.2) is 108 Å². The number of carbonyl (C=O) groups is 1. The van der Waals surface area contributed by atoms with Crippen molar-refractivity contribution in [1.29, 1.82) is 0 Å². The van der Waals surface area contributed by atoms with Crippen molar-refractivity contribution in [2.24, 2.45) is 5.10 Å². The summed E-state index contributed by atoms with van der Waals surface area (Å²) in [6, 6.07) is 30.3. The number of allylic oxidation sites excluding steroid dienone is 1. The van der Waals surface area contributed by atoms with Crippen LogP contribution in [0.1, 0.15) is 21.5 Å². The van der Waals surface area contributed by atoms with E-state index in [1.807, 2.05) is 97.1 Å². The number of nitrogens with one attached hydrogen (secondary N) is 1. The lowest BCUT2D eigenvalue weighted by atomic mass is 10.1. The van der Waals surface area contributed by atoms with Crippen molar-refractivity contribution in [2.75, 3.05) is 0 Å². The zero-order chi connectivity index (χ0) is 20.8. The van der Waals surface area contributed by atoms with Crippen LogP contribution in [0.3, 0.4) is 0 Å². The molecule has 0 aliphatic carbocycles. The number of nitrogens with zero attached hydrogens (tertiary/aromatic N) is 1. The number of aromatic hydroxyl groups is 1. The van der Waals surface area contributed by atoms with Gasteiger partial charge < -0.3 is 5.11 Å². The van der Waals surface area contributed by atoms with E-state index in [2.05, 4.69) is 10.5 Å². The van der Waals surface area contributed by atoms with Crippen molar-refractivity contribution in [3.63, 3.8) is 0 Å². The van der Waals surface area contributed by atoms with Crippen LogP contribution in [0, 0.1) is 0 Å². The van der Waals surface area contributed by atoms with E-state index < -0.39 is 5.91 Å². The summed E-state index contributed by atoms with van der Waals surface area (Å²) in [5.74, 6) is -0.553. The number of fused-ring (bicyclic) bond motifs is 1. The highest BCUT2D eigenvalue weighted by Crippen LogP contribution is 2.24. The Morgan fingerprint density at radius 2 is 1.40 bits per heavy atom. The van der Waals surface area contributed by atoms with Crippen LogP contribution >= 0.6 is 0 Å². The lowest BCUT2D eigenvalue weighted by Crippen LogP contribution is -2.19. The number of hydrogen-bond donors (Lipinski definition) is 2. The second kappa shape index (κ2) is 8.88. The van der Waals surface area contributed by atoms with Gasteiger partial charge in [0, 0.05) is 5.56 Å². The third kappa shape index (κ3) is 4.45. The summed E-state index contributed by atoms with van der Waals surface area (Å²) in [6.45, 7) is 0. The molecular formula is C26H20N2O2. The highest BCUT2D eigenvalue weighted by atomic mass is 16.3. The van der Waals surface area contributed by atoms with Crippen LogP contribution in [-0.2, 0) is 0 Å². The first kappa shape index (κ1) is 19.2. The van der Waals surface area contributed by atoms with Gasteiger partial charge in [0.25, 0.3) is 5.91 Å². The molecule has 0 aromatic heterocycles. The van der Waals surface area contributed by atoms with E-state index in [1.165, 1.54) is 0 Å². The van der Waals surface area contributed by atoms with Crippen molar-refractivity contribution in [3.05, 3.63) is 120 Å². The Morgan fingerprint density at radius 1 is 0.800 bits per heavy atom. The number of carbonyl (C=O) groups excluding carboxylic acids is 1. The highest BCUT2D eigenvalue weighted by molar-refractivity contribution is 6.11. The standard InChI is InChI=1S/C26H20N2O2/c29-25-18-22-14-8-7-13-21(22)17-23(25)26(30)28-27-24(20-11-5-2-6-12-20)16-15-19-9-3-1-4-10-19/h1-18,29H,(H,28,30). The first-order chi connectivity index (χ1) is 14.7. The van der Waals surface area contributed by atoms with Gasteiger partial charge in [-0.25, -0.2) is 5.43 Å². The van der Waals surface area contributed by atoms with E-state index in [1.54, 1.807) is 12.1 Å². The molecule has 0 saturated carbocycles. The van der Waals surface area contributed by atoms with Gasteiger partial charge in [-0.15, -0.1) is 0 Å². The van der Waals surface area contributed by atoms with Crippen molar-refractivity contribution in [3.8, 4) is 5.75 Å². The Morgan fingerprint density at radius 3 is 2.10 bits per heavy atom. The molecule has 0 atom stereocenters. The Balaban J connectivity index is 1.63. The fourth-order valence-electron chi connectivity index (χ4n) is 3.13. The van der Waals surface area contributed by atoms with Crippen LogP contribution < -0.4 is 5.43 Å². The van der Waals surface area contributed by atoms with Crippen LogP contribution in [0.25, 0.3) is 16.8 Å². The van der Waals surface area contributed by atoms with Gasteiger partial charge >= 0.3 is 0 Å². The Bertz CT molecular complexity index is 1230. The van der Waals surface area contributed by atoms with Gasteiger partial charge in [-0.3, -0.25) is 4.79 Å². The molecule has 0 aliphatic heterocycles. The van der Waals surface area contributed by atoms with Crippen LogP contribution in [0.4, 0.5) is 0 Å². The van der Waals surface area contributed by atoms with E-state index in [9.17, 15) is 9.90 Å². The van der Waals surface area contributed by atoms with Crippen LogP contribution in [-0.4, -0.2) is 16.7 Å². The molecule has 0 radical (unpaired) electrons. The molecule has 0 saturated heterocycles. The van der Waals surface area contributed by atoms with Gasteiger partial charge in [0.2, 0.25) is 0 Å². The quantitative estimate of drug-likeness (QED) is 0.353. The van der Waals surface area contributed by atoms with Gasteiger partial charge in [0.1, 0.15) is 5.75 Å². The number of hydrazone groups is 1. The second-order valence-electron chi connectivity index (χ2n) is 6.76. The smallest absolute Gasteiger partial charge is 0.275 e. The zero-order valence-corrected chi connectivity index (χ0v) is 16.2. The molecule has 4 aromatic rings. The molecule has 0 bridgehead atoms. The Hall–Kier alpha value is -4.18. The predicted octanol–water partition coefficient (Wildman–Crippen LogP) is 5.39. The zero-order valence-electron chi connectivity index (χ0n) is 16.2. The largest absolute Gasteiger partial charge is 0.507 e. The first-order valence-corrected chi connectivity index (χ1v) is 9.59. The molecule has 30 heavy (non-hydrogen) atoms. The molecule has 146 valence electrons. The fourth-order valence-corrected chi connectivity index (χ4v) is 3.13. The Labute approximate surface area is 174 Å². The topological polar surface area (TPSA) is 61.7 Å². The average molecular weight is 392 g/mol. The molecule has 0 fully saturated rings. The molecule has 1 amide bonds. The molecule has 0 unspecified atom stereocenters. The van der Waals surface area contributed by atoms with Gasteiger partial charge in [-0.1, -0.05) is 91.0 Å². The van der Waals surface area contributed by atoms with Gasteiger partial charge in [-0.05, 0) is 34.5 Å². The predicted molar refractivity (Wildman–Crippen MR) is 122 cm³/mol. The minimum atomic E-state index is -0.472. The summed E-state index contributed by atoms with van der Waals surface area (Å²) >= 11 is 0. The maximum absolute atomic E-state index is 12.7. The molecule has 2 N–H and O–H groups in total. The van der Waals surface area contributed by atoms with E-state index >= 15 is 0 Å². The molecule has 0 aliphatic rings. The summed E-state index contributed by atoms with van der Waals surface area (Å²) < 4.78 is 0. The van der Waals surface area contributed by atoms with Crippen molar-refractivity contribution in [1.82, 2.24) is 5.43 Å². The highest BCUT2D eigenvalue weighted by Gasteiger charge is 2.12. The number of amides is 1. The summed E-state index contributed by atoms with van der Waals surface area (Å²) in [5, 5.41) is 16.4. The summed E-state index contributed by atoms with van der Waals surface area (Å²) in [6.07, 6.45) is 3.79. The van der Waals surface area contributed by atoms with E-state index in [4.69, 9.17) is 0 Å². The monoisotopic (exact) mass is 392 g/mol. The average Bonchev–Trinajstić information content (AvgIpc) is 2.79. The fraction of sp³-hybridized carbons (Fsp3) is 0. The van der Waals surface area contributed by atoms with E-state index in [0.717, 1.165) is 21.9 Å². The SMILES string of the molecule is O=C(NN=C(C=Cc1ccccc1)c1ccccc1)c1cc2ccccc2cc1O. The molecule has 4 rings (SSSR count). The summed E-state index contributed by atoms with van der Waals surface area (Å²) in [4.78, 5) is 12.7.